The average molecular weight is 435 g/mol. The molecule has 1 aromatic carbocycles. The van der Waals surface area contributed by atoms with Crippen molar-refractivity contribution in [2.24, 2.45) is 0 Å². The molecule has 3 amide bonds. The van der Waals surface area contributed by atoms with Crippen molar-refractivity contribution in [2.75, 3.05) is 43.1 Å². The number of benzene rings is 1. The molecule has 29 heavy (non-hydrogen) atoms. The van der Waals surface area contributed by atoms with E-state index in [2.05, 4.69) is 15.2 Å². The Balaban J connectivity index is 1.41. The molecule has 0 aliphatic carbocycles. The molecule has 10 heteroatoms. The number of pyridine rings is 1. The molecule has 0 atom stereocenters. The zero-order chi connectivity index (χ0) is 20.5. The number of carbonyl (C=O) groups excluding carboxylic acids is 3. The molecule has 2 aliphatic rings. The minimum atomic E-state index is -0.589. The SMILES string of the molecule is O=C(CN1C(=O)c2cc(Cl)c(Cl)cc2C1=O)Nc1ccc(N2CCOCC2)cn1. The van der Waals surface area contributed by atoms with Crippen LogP contribution >= 0.6 is 23.2 Å². The van der Waals surface area contributed by atoms with Gasteiger partial charge < -0.3 is 15.0 Å². The van der Waals surface area contributed by atoms with E-state index < -0.39 is 24.3 Å². The van der Waals surface area contributed by atoms with Crippen LogP contribution in [0.4, 0.5) is 11.5 Å². The van der Waals surface area contributed by atoms with E-state index in [1.807, 2.05) is 6.07 Å². The maximum Gasteiger partial charge on any atom is 0.262 e. The molecule has 0 saturated carbocycles. The van der Waals surface area contributed by atoms with Crippen molar-refractivity contribution in [1.29, 1.82) is 0 Å². The third-order valence-corrected chi connectivity index (χ3v) is 5.43. The molecule has 8 nitrogen and oxygen atoms in total. The quantitative estimate of drug-likeness (QED) is 0.742. The van der Waals surface area contributed by atoms with Crippen LogP contribution in [0.1, 0.15) is 20.7 Å². The van der Waals surface area contributed by atoms with Gasteiger partial charge in [-0.1, -0.05) is 23.2 Å². The summed E-state index contributed by atoms with van der Waals surface area (Å²) >= 11 is 11.8. The maximum absolute atomic E-state index is 12.5. The fourth-order valence-electron chi connectivity index (χ4n) is 3.22. The zero-order valence-corrected chi connectivity index (χ0v) is 16.7. The summed E-state index contributed by atoms with van der Waals surface area (Å²) in [5.41, 5.74) is 1.19. The summed E-state index contributed by atoms with van der Waals surface area (Å²) in [6.07, 6.45) is 1.66. The molecule has 0 radical (unpaired) electrons. The highest BCUT2D eigenvalue weighted by molar-refractivity contribution is 6.43. The lowest BCUT2D eigenvalue weighted by Crippen LogP contribution is -2.37. The Bertz CT molecular complexity index is 949. The summed E-state index contributed by atoms with van der Waals surface area (Å²) in [5.74, 6) is -1.39. The number of hydrogen-bond acceptors (Lipinski definition) is 6. The van der Waals surface area contributed by atoms with E-state index in [0.29, 0.717) is 19.0 Å². The molecule has 4 rings (SSSR count). The standard InChI is InChI=1S/C19H16Cl2N4O4/c20-14-7-12-13(8-15(14)21)19(28)25(18(12)27)10-17(26)23-16-2-1-11(9-22-16)24-3-5-29-6-4-24/h1-2,7-9H,3-6,10H2,(H,22,23,26). The van der Waals surface area contributed by atoms with Gasteiger partial charge in [0.05, 0.1) is 46.3 Å². The van der Waals surface area contributed by atoms with Crippen molar-refractivity contribution >= 4 is 52.4 Å². The number of carbonyl (C=O) groups is 3. The fourth-order valence-corrected chi connectivity index (χ4v) is 3.55. The number of aromatic nitrogens is 1. The molecule has 1 N–H and O–H groups in total. The van der Waals surface area contributed by atoms with Gasteiger partial charge >= 0.3 is 0 Å². The molecule has 2 aromatic rings. The summed E-state index contributed by atoms with van der Waals surface area (Å²) in [5, 5.41) is 2.94. The van der Waals surface area contributed by atoms with Crippen molar-refractivity contribution in [3.63, 3.8) is 0 Å². The van der Waals surface area contributed by atoms with E-state index in [0.717, 1.165) is 23.7 Å². The molecular weight excluding hydrogens is 419 g/mol. The lowest BCUT2D eigenvalue weighted by atomic mass is 10.1. The van der Waals surface area contributed by atoms with Crippen molar-refractivity contribution in [3.05, 3.63) is 51.6 Å². The van der Waals surface area contributed by atoms with E-state index in [1.54, 1.807) is 12.3 Å². The smallest absolute Gasteiger partial charge is 0.262 e. The number of imide groups is 1. The van der Waals surface area contributed by atoms with Gasteiger partial charge in [0.1, 0.15) is 12.4 Å². The second kappa shape index (κ2) is 7.98. The van der Waals surface area contributed by atoms with E-state index in [9.17, 15) is 14.4 Å². The van der Waals surface area contributed by atoms with Crippen LogP contribution in [0.2, 0.25) is 10.0 Å². The topological polar surface area (TPSA) is 91.8 Å². The number of anilines is 2. The Morgan fingerprint density at radius 2 is 1.69 bits per heavy atom. The van der Waals surface area contributed by atoms with E-state index >= 15 is 0 Å². The van der Waals surface area contributed by atoms with Crippen molar-refractivity contribution in [1.82, 2.24) is 9.88 Å². The molecule has 0 unspecified atom stereocenters. The number of amides is 3. The van der Waals surface area contributed by atoms with Gasteiger partial charge in [0.2, 0.25) is 5.91 Å². The minimum absolute atomic E-state index is 0.130. The molecule has 2 aliphatic heterocycles. The molecule has 1 saturated heterocycles. The number of nitrogens with zero attached hydrogens (tertiary/aromatic N) is 3. The maximum atomic E-state index is 12.5. The van der Waals surface area contributed by atoms with Gasteiger partial charge in [-0.25, -0.2) is 4.98 Å². The average Bonchev–Trinajstić information content (AvgIpc) is 2.94. The second-order valence-electron chi connectivity index (χ2n) is 6.56. The minimum Gasteiger partial charge on any atom is -0.378 e. The number of rotatable bonds is 4. The van der Waals surface area contributed by atoms with Gasteiger partial charge in [0.25, 0.3) is 11.8 Å². The highest BCUT2D eigenvalue weighted by Crippen LogP contribution is 2.31. The number of morpholine rings is 1. The van der Waals surface area contributed by atoms with Crippen molar-refractivity contribution in [2.45, 2.75) is 0 Å². The van der Waals surface area contributed by atoms with Gasteiger partial charge in [0, 0.05) is 13.1 Å². The Morgan fingerprint density at radius 1 is 1.07 bits per heavy atom. The molecular formula is C19H16Cl2N4O4. The van der Waals surface area contributed by atoms with E-state index in [-0.39, 0.29) is 21.2 Å². The predicted octanol–water partition coefficient (Wildman–Crippen LogP) is 2.46. The lowest BCUT2D eigenvalue weighted by Gasteiger charge is -2.28. The lowest BCUT2D eigenvalue weighted by molar-refractivity contribution is -0.116. The first-order valence-corrected chi connectivity index (χ1v) is 9.63. The van der Waals surface area contributed by atoms with E-state index in [1.165, 1.54) is 12.1 Å². The third kappa shape index (κ3) is 3.91. The molecule has 1 fully saturated rings. The Morgan fingerprint density at radius 3 is 2.24 bits per heavy atom. The Hall–Kier alpha value is -2.68. The third-order valence-electron chi connectivity index (χ3n) is 4.70. The van der Waals surface area contributed by atoms with Crippen LogP contribution in [0.15, 0.2) is 30.5 Å². The molecule has 150 valence electrons. The van der Waals surface area contributed by atoms with Crippen LogP contribution in [0.5, 0.6) is 0 Å². The summed E-state index contributed by atoms with van der Waals surface area (Å²) in [6.45, 7) is 2.45. The Labute approximate surface area is 176 Å². The van der Waals surface area contributed by atoms with Crippen LogP contribution in [0, 0.1) is 0 Å². The van der Waals surface area contributed by atoms with Crippen LogP contribution in [0.3, 0.4) is 0 Å². The highest BCUT2D eigenvalue weighted by Gasteiger charge is 2.37. The fraction of sp³-hybridized carbons (Fsp3) is 0.263. The van der Waals surface area contributed by atoms with Crippen LogP contribution in [-0.4, -0.2) is 60.5 Å². The van der Waals surface area contributed by atoms with Gasteiger partial charge in [0.15, 0.2) is 0 Å². The first-order valence-electron chi connectivity index (χ1n) is 8.88. The monoisotopic (exact) mass is 434 g/mol. The molecule has 0 spiro atoms. The van der Waals surface area contributed by atoms with E-state index in [4.69, 9.17) is 27.9 Å². The predicted molar refractivity (Wildman–Crippen MR) is 108 cm³/mol. The first-order chi connectivity index (χ1) is 13.9. The number of halogens is 2. The van der Waals surface area contributed by atoms with Gasteiger partial charge in [-0.05, 0) is 24.3 Å². The molecule has 1 aromatic heterocycles. The van der Waals surface area contributed by atoms with Crippen LogP contribution in [0.25, 0.3) is 0 Å². The number of ether oxygens (including phenoxy) is 1. The normalized spacial score (nSPS) is 16.2. The summed E-state index contributed by atoms with van der Waals surface area (Å²) < 4.78 is 5.32. The van der Waals surface area contributed by atoms with Crippen LogP contribution in [-0.2, 0) is 9.53 Å². The highest BCUT2D eigenvalue weighted by atomic mass is 35.5. The van der Waals surface area contributed by atoms with Crippen LogP contribution < -0.4 is 10.2 Å². The number of nitrogens with one attached hydrogen (secondary N) is 1. The number of fused-ring (bicyclic) bond motifs is 1. The zero-order valence-electron chi connectivity index (χ0n) is 15.2. The first kappa shape index (κ1) is 19.6. The Kier molecular flexibility index (Phi) is 5.40. The number of hydrogen-bond donors (Lipinski definition) is 1. The van der Waals surface area contributed by atoms with Gasteiger partial charge in [-0.15, -0.1) is 0 Å². The molecule has 3 heterocycles. The molecule has 0 bridgehead atoms. The van der Waals surface area contributed by atoms with Gasteiger partial charge in [-0.2, -0.15) is 0 Å². The summed E-state index contributed by atoms with van der Waals surface area (Å²) in [4.78, 5) is 44.5. The largest absolute Gasteiger partial charge is 0.378 e. The van der Waals surface area contributed by atoms with Gasteiger partial charge in [-0.3, -0.25) is 19.3 Å². The summed E-state index contributed by atoms with van der Waals surface area (Å²) in [6, 6.07) is 6.19. The van der Waals surface area contributed by atoms with Crippen molar-refractivity contribution < 1.29 is 19.1 Å². The summed E-state index contributed by atoms with van der Waals surface area (Å²) in [7, 11) is 0. The van der Waals surface area contributed by atoms with Crippen molar-refractivity contribution in [3.8, 4) is 0 Å². The second-order valence-corrected chi connectivity index (χ2v) is 7.37.